The number of nitrogens with one attached hydrogen (secondary N) is 1. The van der Waals surface area contributed by atoms with Crippen molar-refractivity contribution in [1.29, 1.82) is 0 Å². The number of aliphatic hydroxyl groups is 1. The average molecular weight is 330 g/mol. The summed E-state index contributed by atoms with van der Waals surface area (Å²) in [5.41, 5.74) is 0. The molecule has 106 valence electrons. The number of aliphatic hydroxyl groups excluding tert-OH is 1. The second-order valence-electron chi connectivity index (χ2n) is 4.65. The minimum absolute atomic E-state index is 0.0135. The van der Waals surface area contributed by atoms with Gasteiger partial charge in [-0.05, 0) is 47.8 Å². The molecule has 0 aliphatic carbocycles. The van der Waals surface area contributed by atoms with Crippen molar-refractivity contribution in [3.63, 3.8) is 0 Å². The van der Waals surface area contributed by atoms with Crippen molar-refractivity contribution in [2.24, 2.45) is 5.92 Å². The topological polar surface area (TPSA) is 58.6 Å². The van der Waals surface area contributed by atoms with Crippen molar-refractivity contribution in [1.82, 2.24) is 5.32 Å². The molecule has 4 nitrogen and oxygen atoms in total. The molecule has 3 atom stereocenters. The number of ether oxygens (including phenoxy) is 1. The molecule has 3 unspecified atom stereocenters. The molecule has 0 heterocycles. The van der Waals surface area contributed by atoms with Gasteiger partial charge in [0.1, 0.15) is 5.75 Å². The van der Waals surface area contributed by atoms with Crippen LogP contribution in [0.1, 0.15) is 20.8 Å². The van der Waals surface area contributed by atoms with Gasteiger partial charge in [0.05, 0.1) is 4.47 Å². The summed E-state index contributed by atoms with van der Waals surface area (Å²) in [6.45, 7) is 5.49. The van der Waals surface area contributed by atoms with E-state index < -0.39 is 6.10 Å². The molecule has 19 heavy (non-hydrogen) atoms. The summed E-state index contributed by atoms with van der Waals surface area (Å²) in [6, 6.07) is 7.29. The van der Waals surface area contributed by atoms with Gasteiger partial charge < -0.3 is 15.2 Å². The highest BCUT2D eigenvalue weighted by molar-refractivity contribution is 9.10. The number of carbonyl (C=O) groups excluding carboxylic acids is 1. The smallest absolute Gasteiger partial charge is 0.260 e. The molecule has 0 spiro atoms. The molecule has 2 N–H and O–H groups in total. The number of carbonyl (C=O) groups is 1. The van der Waals surface area contributed by atoms with Gasteiger partial charge in [0.25, 0.3) is 5.91 Å². The van der Waals surface area contributed by atoms with E-state index in [9.17, 15) is 4.79 Å². The van der Waals surface area contributed by atoms with Gasteiger partial charge in [0, 0.05) is 12.6 Å². The van der Waals surface area contributed by atoms with Crippen molar-refractivity contribution < 1.29 is 14.6 Å². The monoisotopic (exact) mass is 329 g/mol. The number of benzene rings is 1. The maximum Gasteiger partial charge on any atom is 0.260 e. The number of hydrogen-bond donors (Lipinski definition) is 2. The van der Waals surface area contributed by atoms with Gasteiger partial charge in [-0.25, -0.2) is 0 Å². The lowest BCUT2D eigenvalue weighted by molar-refractivity contribution is -0.128. The number of para-hydroxylation sites is 1. The summed E-state index contributed by atoms with van der Waals surface area (Å²) in [6.07, 6.45) is -0.591. The van der Waals surface area contributed by atoms with E-state index in [1.54, 1.807) is 13.0 Å². The minimum Gasteiger partial charge on any atom is -0.480 e. The molecule has 1 rings (SSSR count). The predicted molar refractivity (Wildman–Crippen MR) is 78.1 cm³/mol. The molecule has 1 amide bonds. The van der Waals surface area contributed by atoms with Gasteiger partial charge >= 0.3 is 0 Å². The maximum atomic E-state index is 12.0. The summed E-state index contributed by atoms with van der Waals surface area (Å²) in [7, 11) is 0. The lowest BCUT2D eigenvalue weighted by Gasteiger charge is -2.22. The van der Waals surface area contributed by atoms with Crippen LogP contribution in [0, 0.1) is 5.92 Å². The molecule has 0 aromatic heterocycles. The first kappa shape index (κ1) is 16.0. The molecule has 1 aromatic carbocycles. The van der Waals surface area contributed by atoms with E-state index in [0.717, 1.165) is 4.47 Å². The summed E-state index contributed by atoms with van der Waals surface area (Å²) >= 11 is 3.37. The van der Waals surface area contributed by atoms with Gasteiger partial charge in [-0.1, -0.05) is 19.1 Å². The highest BCUT2D eigenvalue weighted by Gasteiger charge is 2.20. The number of halogens is 1. The van der Waals surface area contributed by atoms with Crippen LogP contribution in [0.2, 0.25) is 0 Å². The van der Waals surface area contributed by atoms with Crippen molar-refractivity contribution in [3.05, 3.63) is 28.7 Å². The second kappa shape index (κ2) is 7.50. The van der Waals surface area contributed by atoms with E-state index in [0.29, 0.717) is 5.75 Å². The average Bonchev–Trinajstić information content (AvgIpc) is 2.40. The normalized spacial score (nSPS) is 15.4. The van der Waals surface area contributed by atoms with E-state index in [2.05, 4.69) is 21.2 Å². The summed E-state index contributed by atoms with van der Waals surface area (Å²) < 4.78 is 6.41. The largest absolute Gasteiger partial charge is 0.480 e. The van der Waals surface area contributed by atoms with Crippen molar-refractivity contribution >= 4 is 21.8 Å². The van der Waals surface area contributed by atoms with Gasteiger partial charge in [0.2, 0.25) is 0 Å². The minimum atomic E-state index is -0.591. The molecule has 0 aliphatic rings. The summed E-state index contributed by atoms with van der Waals surface area (Å²) in [4.78, 5) is 12.0. The van der Waals surface area contributed by atoms with E-state index in [1.807, 2.05) is 32.0 Å². The number of rotatable bonds is 6. The number of hydrogen-bond acceptors (Lipinski definition) is 3. The third-order valence-corrected chi connectivity index (χ3v) is 3.68. The Morgan fingerprint density at radius 2 is 2.00 bits per heavy atom. The van der Waals surface area contributed by atoms with Crippen LogP contribution in [0.25, 0.3) is 0 Å². The Hall–Kier alpha value is -1.07. The molecule has 0 saturated heterocycles. The first-order valence-electron chi connectivity index (χ1n) is 6.28. The number of amides is 1. The van der Waals surface area contributed by atoms with Crippen molar-refractivity contribution in [2.45, 2.75) is 32.9 Å². The lowest BCUT2D eigenvalue weighted by Crippen LogP contribution is -2.44. The van der Waals surface area contributed by atoms with Gasteiger partial charge in [-0.2, -0.15) is 0 Å². The van der Waals surface area contributed by atoms with Crippen molar-refractivity contribution in [3.8, 4) is 5.75 Å². The fraction of sp³-hybridized carbons (Fsp3) is 0.500. The predicted octanol–water partition coefficient (Wildman–Crippen LogP) is 2.35. The zero-order valence-corrected chi connectivity index (χ0v) is 13.0. The molecular weight excluding hydrogens is 310 g/mol. The first-order chi connectivity index (χ1) is 8.95. The highest BCUT2D eigenvalue weighted by atomic mass is 79.9. The maximum absolute atomic E-state index is 12.0. The Balaban J connectivity index is 2.56. The zero-order valence-electron chi connectivity index (χ0n) is 11.4. The summed E-state index contributed by atoms with van der Waals surface area (Å²) in [5.74, 6) is 0.455. The van der Waals surface area contributed by atoms with E-state index in [1.165, 1.54) is 0 Å². The van der Waals surface area contributed by atoms with Crippen LogP contribution in [-0.4, -0.2) is 29.8 Å². The van der Waals surface area contributed by atoms with Crippen LogP contribution in [0.4, 0.5) is 0 Å². The van der Waals surface area contributed by atoms with Crippen LogP contribution >= 0.6 is 15.9 Å². The van der Waals surface area contributed by atoms with Gasteiger partial charge in [0.15, 0.2) is 6.10 Å². The van der Waals surface area contributed by atoms with E-state index in [4.69, 9.17) is 9.84 Å². The molecule has 0 fully saturated rings. The Morgan fingerprint density at radius 3 is 2.58 bits per heavy atom. The molecule has 0 bridgehead atoms. The van der Waals surface area contributed by atoms with E-state index in [-0.39, 0.29) is 24.5 Å². The van der Waals surface area contributed by atoms with Crippen LogP contribution in [0.3, 0.4) is 0 Å². The fourth-order valence-corrected chi connectivity index (χ4v) is 1.80. The molecule has 1 aromatic rings. The standard InChI is InChI=1S/C14H20BrNO3/c1-9(8-17)10(2)16-14(18)11(3)19-13-7-5-4-6-12(13)15/h4-7,9-11,17H,8H2,1-3H3,(H,16,18). The Labute approximate surface area is 122 Å². The first-order valence-corrected chi connectivity index (χ1v) is 7.07. The van der Waals surface area contributed by atoms with Gasteiger partial charge in [-0.15, -0.1) is 0 Å². The molecular formula is C14H20BrNO3. The van der Waals surface area contributed by atoms with Gasteiger partial charge in [-0.3, -0.25) is 4.79 Å². The Morgan fingerprint density at radius 1 is 1.37 bits per heavy atom. The highest BCUT2D eigenvalue weighted by Crippen LogP contribution is 2.24. The van der Waals surface area contributed by atoms with Crippen LogP contribution < -0.4 is 10.1 Å². The third kappa shape index (κ3) is 4.84. The Bertz CT molecular complexity index is 425. The molecule has 5 heteroatoms. The zero-order chi connectivity index (χ0) is 14.4. The third-order valence-electron chi connectivity index (χ3n) is 3.02. The second-order valence-corrected chi connectivity index (χ2v) is 5.50. The molecule has 0 radical (unpaired) electrons. The molecule has 0 aliphatic heterocycles. The van der Waals surface area contributed by atoms with Crippen LogP contribution in [-0.2, 0) is 4.79 Å². The SMILES string of the molecule is CC(Oc1ccccc1Br)C(=O)NC(C)C(C)CO. The van der Waals surface area contributed by atoms with Crippen molar-refractivity contribution in [2.75, 3.05) is 6.61 Å². The lowest BCUT2D eigenvalue weighted by atomic mass is 10.1. The fourth-order valence-electron chi connectivity index (χ4n) is 1.43. The Kier molecular flexibility index (Phi) is 6.31. The van der Waals surface area contributed by atoms with Crippen LogP contribution in [0.15, 0.2) is 28.7 Å². The molecule has 0 saturated carbocycles. The quantitative estimate of drug-likeness (QED) is 0.842. The summed E-state index contributed by atoms with van der Waals surface area (Å²) in [5, 5.41) is 11.9. The van der Waals surface area contributed by atoms with E-state index >= 15 is 0 Å². The van der Waals surface area contributed by atoms with Crippen LogP contribution in [0.5, 0.6) is 5.75 Å².